The van der Waals surface area contributed by atoms with Crippen LogP contribution in [0.3, 0.4) is 0 Å². The molecule has 0 fully saturated rings. The molecule has 6 N–H and O–H groups in total. The van der Waals surface area contributed by atoms with Gasteiger partial charge in [0.25, 0.3) is 0 Å². The van der Waals surface area contributed by atoms with Crippen LogP contribution in [0.25, 0.3) is 11.1 Å². The molecule has 2 aromatic carbocycles. The minimum atomic E-state index is -1.66. The van der Waals surface area contributed by atoms with Crippen molar-refractivity contribution in [2.75, 3.05) is 11.5 Å². The second-order valence-electron chi connectivity index (χ2n) is 9.16. The average Bonchev–Trinajstić information content (AvgIpc) is 2.89. The molecule has 0 bridgehead atoms. The number of benzene rings is 2. The molecule has 224 valence electrons. The molecule has 2 aromatic heterocycles. The van der Waals surface area contributed by atoms with Crippen molar-refractivity contribution in [3.8, 4) is 22.6 Å². The number of hydrogen-bond donors (Lipinski definition) is 4. The molecule has 0 amide bonds. The highest BCUT2D eigenvalue weighted by molar-refractivity contribution is 9.10. The van der Waals surface area contributed by atoms with Gasteiger partial charge in [0, 0.05) is 23.6 Å². The molecular weight excluding hydrogens is 656 g/mol. The van der Waals surface area contributed by atoms with E-state index < -0.39 is 18.8 Å². The van der Waals surface area contributed by atoms with Gasteiger partial charge in [-0.15, -0.1) is 0 Å². The van der Waals surface area contributed by atoms with E-state index in [1.165, 1.54) is 30.5 Å². The van der Waals surface area contributed by atoms with Crippen LogP contribution in [-0.2, 0) is 0 Å². The molecule has 2 heterocycles. The summed E-state index contributed by atoms with van der Waals surface area (Å²) in [6.07, 6.45) is 2.89. The van der Waals surface area contributed by atoms with Crippen LogP contribution >= 0.6 is 39.1 Å². The smallest absolute Gasteiger partial charge is 0.488 e. The minimum absolute atomic E-state index is 0.0809. The van der Waals surface area contributed by atoms with E-state index in [2.05, 4.69) is 25.9 Å². The van der Waals surface area contributed by atoms with Crippen molar-refractivity contribution in [1.82, 2.24) is 9.97 Å². The van der Waals surface area contributed by atoms with E-state index >= 15 is 0 Å². The summed E-state index contributed by atoms with van der Waals surface area (Å²) in [7, 11) is -1.66. The second kappa shape index (κ2) is 16.5. The maximum atomic E-state index is 13.9. The Kier molecular flexibility index (Phi) is 13.7. The number of ether oxygens (including phenoxy) is 2. The van der Waals surface area contributed by atoms with Crippen LogP contribution in [0.4, 0.5) is 20.2 Å². The third-order valence-electron chi connectivity index (χ3n) is 4.98. The van der Waals surface area contributed by atoms with Gasteiger partial charge in [0.1, 0.15) is 10.3 Å². The normalized spacial score (nSPS) is 10.4. The van der Waals surface area contributed by atoms with Gasteiger partial charge in [0.05, 0.1) is 22.4 Å². The zero-order valence-electron chi connectivity index (χ0n) is 23.2. The Labute approximate surface area is 261 Å². The number of nitrogens with zero attached hydrogens (tertiary/aromatic N) is 2. The Morgan fingerprint density at radius 1 is 0.786 bits per heavy atom. The quantitative estimate of drug-likeness (QED) is 0.138. The van der Waals surface area contributed by atoms with Gasteiger partial charge in [-0.1, -0.05) is 35.3 Å². The number of nitrogen functional groups attached to an aromatic ring is 2. The fraction of sp³-hybridized carbons (Fsp3) is 0.214. The lowest BCUT2D eigenvalue weighted by atomic mass is 9.80. The molecule has 4 aromatic rings. The van der Waals surface area contributed by atoms with E-state index in [0.29, 0.717) is 32.8 Å². The number of aromatic nitrogens is 2. The van der Waals surface area contributed by atoms with Crippen LogP contribution in [0.1, 0.15) is 27.7 Å². The highest BCUT2D eigenvalue weighted by atomic mass is 79.9. The summed E-state index contributed by atoms with van der Waals surface area (Å²) >= 11 is 14.4. The molecule has 0 unspecified atom stereocenters. The van der Waals surface area contributed by atoms with E-state index in [-0.39, 0.29) is 29.2 Å². The van der Waals surface area contributed by atoms with Crippen molar-refractivity contribution in [2.45, 2.75) is 39.9 Å². The maximum Gasteiger partial charge on any atom is 0.488 e. The Balaban J connectivity index is 0.000000235. The molecule has 14 heteroatoms. The molecule has 0 aliphatic rings. The first-order chi connectivity index (χ1) is 19.7. The predicted molar refractivity (Wildman–Crippen MR) is 168 cm³/mol. The molecule has 0 saturated carbocycles. The van der Waals surface area contributed by atoms with Crippen LogP contribution in [0, 0.1) is 11.6 Å². The van der Waals surface area contributed by atoms with E-state index in [1.807, 2.05) is 13.8 Å². The summed E-state index contributed by atoms with van der Waals surface area (Å²) in [5.41, 5.74) is 13.7. The highest BCUT2D eigenvalue weighted by Crippen LogP contribution is 2.30. The molecule has 8 nitrogen and oxygen atoms in total. The number of pyridine rings is 2. The lowest BCUT2D eigenvalue weighted by molar-refractivity contribution is 0.231. The lowest BCUT2D eigenvalue weighted by Gasteiger charge is -2.12. The first kappa shape index (κ1) is 35.0. The summed E-state index contributed by atoms with van der Waals surface area (Å²) < 4.78 is 38.4. The van der Waals surface area contributed by atoms with Crippen molar-refractivity contribution < 1.29 is 28.3 Å². The molecule has 0 aliphatic carbocycles. The van der Waals surface area contributed by atoms with Crippen LogP contribution in [-0.4, -0.2) is 39.3 Å². The number of nitrogens with two attached hydrogens (primary N) is 2. The van der Waals surface area contributed by atoms with E-state index in [0.717, 1.165) is 10.5 Å². The number of hydrogen-bond acceptors (Lipinski definition) is 8. The Morgan fingerprint density at radius 2 is 1.29 bits per heavy atom. The Hall–Kier alpha value is -3.16. The molecule has 0 saturated heterocycles. The molecule has 0 spiro atoms. The first-order valence-corrected chi connectivity index (χ1v) is 14.0. The fourth-order valence-electron chi connectivity index (χ4n) is 3.16. The Bertz CT molecular complexity index is 1490. The van der Waals surface area contributed by atoms with Gasteiger partial charge < -0.3 is 31.0 Å². The summed E-state index contributed by atoms with van der Waals surface area (Å²) in [6, 6.07) is 11.6. The molecule has 0 radical (unpaired) electrons. The van der Waals surface area contributed by atoms with Gasteiger partial charge in [-0.05, 0) is 91.0 Å². The van der Waals surface area contributed by atoms with Gasteiger partial charge in [-0.3, -0.25) is 0 Å². The van der Waals surface area contributed by atoms with Crippen LogP contribution in [0.5, 0.6) is 11.5 Å². The maximum absolute atomic E-state index is 13.9. The summed E-state index contributed by atoms with van der Waals surface area (Å²) in [5, 5.41) is 18.3. The summed E-state index contributed by atoms with van der Waals surface area (Å²) in [4.78, 5) is 7.73. The van der Waals surface area contributed by atoms with Crippen molar-refractivity contribution in [3.63, 3.8) is 0 Å². The van der Waals surface area contributed by atoms with Gasteiger partial charge >= 0.3 is 7.12 Å². The SMILES string of the molecule is CC(C)Oc1ccc(-c2cnc(Cl)cc2N)cc1F.CC(C)Oc1ccc(B(O)O)cc1F.Nc1cc(Cl)ncc1Br. The van der Waals surface area contributed by atoms with Crippen LogP contribution in [0.2, 0.25) is 10.3 Å². The lowest BCUT2D eigenvalue weighted by Crippen LogP contribution is -2.30. The molecule has 0 aliphatic heterocycles. The Morgan fingerprint density at radius 3 is 1.71 bits per heavy atom. The first-order valence-electron chi connectivity index (χ1n) is 12.4. The van der Waals surface area contributed by atoms with Gasteiger partial charge in [0.15, 0.2) is 23.1 Å². The second-order valence-corrected chi connectivity index (χ2v) is 10.8. The zero-order valence-corrected chi connectivity index (χ0v) is 26.3. The minimum Gasteiger partial charge on any atom is -0.488 e. The van der Waals surface area contributed by atoms with Crippen LogP contribution in [0.15, 0.2) is 65.4 Å². The fourth-order valence-corrected chi connectivity index (χ4v) is 3.71. The van der Waals surface area contributed by atoms with Gasteiger partial charge in [-0.2, -0.15) is 0 Å². The molecular formula is C28H30BBrCl2F2N4O4. The molecule has 42 heavy (non-hydrogen) atoms. The van der Waals surface area contributed by atoms with Crippen molar-refractivity contribution in [1.29, 1.82) is 0 Å². The molecule has 4 rings (SSSR count). The largest absolute Gasteiger partial charge is 0.488 e. The van der Waals surface area contributed by atoms with E-state index in [9.17, 15) is 8.78 Å². The standard InChI is InChI=1S/C14H14ClFN2O.C9H12BFO3.C5H4BrClN2/c1-8(2)19-13-4-3-9(5-11(13)16)10-7-18-14(15)6-12(10)17;1-6(2)14-9-4-3-7(10(12)13)5-8(9)11;6-3-2-9-5(7)1-4(3)8/h3-8H,1-2H3,(H2,17,18);3-6,12-13H,1-2H3;1-2H,(H2,8,9). The third-order valence-corrected chi connectivity index (χ3v) is 6.05. The number of anilines is 2. The number of rotatable bonds is 6. The van der Waals surface area contributed by atoms with Crippen molar-refractivity contribution in [3.05, 3.63) is 87.3 Å². The predicted octanol–water partition coefficient (Wildman–Crippen LogP) is 6.28. The number of halogens is 5. The zero-order chi connectivity index (χ0) is 31.6. The monoisotopic (exact) mass is 684 g/mol. The van der Waals surface area contributed by atoms with Gasteiger partial charge in [0.2, 0.25) is 0 Å². The topological polar surface area (TPSA) is 137 Å². The van der Waals surface area contributed by atoms with Crippen LogP contribution < -0.4 is 26.4 Å². The highest BCUT2D eigenvalue weighted by Gasteiger charge is 2.14. The van der Waals surface area contributed by atoms with Crippen molar-refractivity contribution in [2.24, 2.45) is 0 Å². The third kappa shape index (κ3) is 11.3. The molecule has 0 atom stereocenters. The summed E-state index contributed by atoms with van der Waals surface area (Å²) in [5.74, 6) is -0.687. The van der Waals surface area contributed by atoms with E-state index in [4.69, 9.17) is 54.2 Å². The average molecular weight is 686 g/mol. The van der Waals surface area contributed by atoms with E-state index in [1.54, 1.807) is 38.2 Å². The summed E-state index contributed by atoms with van der Waals surface area (Å²) in [6.45, 7) is 7.26. The van der Waals surface area contributed by atoms with Gasteiger partial charge in [-0.25, -0.2) is 18.7 Å². The van der Waals surface area contributed by atoms with Crippen molar-refractivity contribution >= 4 is 63.1 Å².